The van der Waals surface area contributed by atoms with Crippen molar-refractivity contribution in [3.05, 3.63) is 47.0 Å². The van der Waals surface area contributed by atoms with Gasteiger partial charge in [0.05, 0.1) is 14.6 Å². The van der Waals surface area contributed by atoms with Gasteiger partial charge in [-0.1, -0.05) is 25.1 Å². The summed E-state index contributed by atoms with van der Waals surface area (Å²) < 4.78 is 46.5. The summed E-state index contributed by atoms with van der Waals surface area (Å²) in [7, 11) is -6.99. The van der Waals surface area contributed by atoms with Crippen LogP contribution in [0.1, 0.15) is 35.0 Å². The third-order valence-electron chi connectivity index (χ3n) is 4.87. The first kappa shape index (κ1) is 20.9. The van der Waals surface area contributed by atoms with Gasteiger partial charge >= 0.3 is 0 Å². The average molecular weight is 442 g/mol. The highest BCUT2D eigenvalue weighted by atomic mass is 32.3. The second kappa shape index (κ2) is 8.30. The number of amides is 1. The summed E-state index contributed by atoms with van der Waals surface area (Å²) in [6, 6.07) is 8.33. The van der Waals surface area contributed by atoms with E-state index in [1.54, 1.807) is 35.4 Å². The maximum Gasteiger partial charge on any atom is 0.290 e. The zero-order valence-corrected chi connectivity index (χ0v) is 18.2. The van der Waals surface area contributed by atoms with E-state index in [2.05, 4.69) is 8.14 Å². The van der Waals surface area contributed by atoms with Crippen LogP contribution in [0.15, 0.2) is 45.2 Å². The van der Waals surface area contributed by atoms with Crippen molar-refractivity contribution in [2.24, 2.45) is 3.77 Å². The Hall–Kier alpha value is -1.78. The quantitative estimate of drug-likeness (QED) is 0.711. The van der Waals surface area contributed by atoms with Crippen molar-refractivity contribution in [1.29, 1.82) is 0 Å². The number of benzene rings is 1. The number of aryl methyl sites for hydroxylation is 1. The van der Waals surface area contributed by atoms with Gasteiger partial charge in [-0.15, -0.1) is 3.77 Å². The Morgan fingerprint density at radius 2 is 1.89 bits per heavy atom. The van der Waals surface area contributed by atoms with E-state index in [4.69, 9.17) is 0 Å². The molecule has 7 nitrogen and oxygen atoms in total. The van der Waals surface area contributed by atoms with Crippen LogP contribution < -0.4 is 0 Å². The molecule has 0 saturated carbocycles. The van der Waals surface area contributed by atoms with Gasteiger partial charge in [0.25, 0.3) is 15.9 Å². The SMILES string of the molecule is CCc1ccccc1S(=O)(=O)N=S(C)(=O)C1CCN(C(=O)c2ccns2)CC1. The lowest BCUT2D eigenvalue weighted by molar-refractivity contribution is 0.0731. The van der Waals surface area contributed by atoms with E-state index in [9.17, 15) is 17.4 Å². The second-order valence-corrected chi connectivity index (χ2v) is 11.9. The molecule has 0 bridgehead atoms. The van der Waals surface area contributed by atoms with Crippen LogP contribution in [-0.4, -0.2) is 52.4 Å². The van der Waals surface area contributed by atoms with Gasteiger partial charge in [0, 0.05) is 30.8 Å². The molecule has 1 aliphatic heterocycles. The molecule has 10 heteroatoms. The predicted molar refractivity (Wildman–Crippen MR) is 111 cm³/mol. The van der Waals surface area contributed by atoms with Crippen LogP contribution in [0.3, 0.4) is 0 Å². The van der Waals surface area contributed by atoms with Crippen molar-refractivity contribution in [1.82, 2.24) is 9.27 Å². The Morgan fingerprint density at radius 1 is 1.21 bits per heavy atom. The Morgan fingerprint density at radius 3 is 2.50 bits per heavy atom. The normalized spacial score (nSPS) is 17.9. The first-order valence-electron chi connectivity index (χ1n) is 8.99. The molecule has 1 aliphatic rings. The lowest BCUT2D eigenvalue weighted by atomic mass is 10.1. The molecule has 1 saturated heterocycles. The fourth-order valence-electron chi connectivity index (χ4n) is 3.32. The fourth-order valence-corrected chi connectivity index (χ4v) is 8.13. The Kier molecular flexibility index (Phi) is 6.21. The van der Waals surface area contributed by atoms with Gasteiger partial charge < -0.3 is 4.90 Å². The van der Waals surface area contributed by atoms with Crippen LogP contribution >= 0.6 is 11.5 Å². The number of hydrogen-bond acceptors (Lipinski definition) is 6. The molecule has 1 amide bonds. The fraction of sp³-hybridized carbons (Fsp3) is 0.444. The highest BCUT2D eigenvalue weighted by Crippen LogP contribution is 2.25. The van der Waals surface area contributed by atoms with E-state index in [1.807, 2.05) is 6.92 Å². The van der Waals surface area contributed by atoms with Crippen LogP contribution in [0.25, 0.3) is 0 Å². The van der Waals surface area contributed by atoms with Crippen molar-refractivity contribution < 1.29 is 17.4 Å². The van der Waals surface area contributed by atoms with Gasteiger partial charge in [-0.05, 0) is 48.5 Å². The maximum absolute atomic E-state index is 13.2. The minimum atomic E-state index is -4.01. The number of hydrogen-bond donors (Lipinski definition) is 0. The molecule has 1 unspecified atom stereocenters. The molecule has 0 radical (unpaired) electrons. The van der Waals surface area contributed by atoms with E-state index >= 15 is 0 Å². The molecule has 0 spiro atoms. The summed E-state index contributed by atoms with van der Waals surface area (Å²) in [6.45, 7) is 2.72. The van der Waals surface area contributed by atoms with Gasteiger partial charge in [0.1, 0.15) is 4.88 Å². The van der Waals surface area contributed by atoms with Crippen molar-refractivity contribution >= 4 is 37.2 Å². The molecule has 1 aromatic carbocycles. The minimum Gasteiger partial charge on any atom is -0.338 e. The largest absolute Gasteiger partial charge is 0.338 e. The van der Waals surface area contributed by atoms with Gasteiger partial charge in [-0.2, -0.15) is 8.42 Å². The minimum absolute atomic E-state index is 0.0926. The zero-order valence-electron chi connectivity index (χ0n) is 15.8. The van der Waals surface area contributed by atoms with Crippen LogP contribution in [0.5, 0.6) is 0 Å². The standard InChI is InChI=1S/C18H23N3O4S3/c1-3-14-6-4-5-7-17(14)28(24,25)20-27(2,23)15-9-12-21(13-10-15)18(22)16-8-11-19-26-16/h4-8,11,15H,3,9-10,12-13H2,1-2H3. The average Bonchev–Trinajstić information content (AvgIpc) is 3.21. The Balaban J connectivity index is 1.78. The van der Waals surface area contributed by atoms with E-state index in [0.717, 1.165) is 11.5 Å². The molecule has 3 rings (SSSR count). The predicted octanol–water partition coefficient (Wildman–Crippen LogP) is 2.80. The van der Waals surface area contributed by atoms with E-state index < -0.39 is 19.8 Å². The molecular weight excluding hydrogens is 418 g/mol. The number of carbonyl (C=O) groups excluding carboxylic acids is 1. The van der Waals surface area contributed by atoms with Gasteiger partial charge in [0.2, 0.25) is 0 Å². The van der Waals surface area contributed by atoms with Gasteiger partial charge in [0.15, 0.2) is 0 Å². The molecule has 2 aromatic rings. The molecule has 152 valence electrons. The summed E-state index contributed by atoms with van der Waals surface area (Å²) in [5.74, 6) is -0.0926. The number of sulfonamides is 1. The molecule has 0 N–H and O–H groups in total. The monoisotopic (exact) mass is 441 g/mol. The summed E-state index contributed by atoms with van der Waals surface area (Å²) in [6.07, 6.45) is 4.45. The third-order valence-corrected chi connectivity index (χ3v) is 10.2. The second-order valence-electron chi connectivity index (χ2n) is 6.74. The first-order valence-corrected chi connectivity index (χ1v) is 13.2. The van der Waals surface area contributed by atoms with Crippen molar-refractivity contribution in [3.8, 4) is 0 Å². The smallest absolute Gasteiger partial charge is 0.290 e. The van der Waals surface area contributed by atoms with Gasteiger partial charge in [-0.25, -0.2) is 8.58 Å². The third kappa shape index (κ3) is 4.44. The summed E-state index contributed by atoms with van der Waals surface area (Å²) in [4.78, 5) is 14.8. The lowest BCUT2D eigenvalue weighted by Gasteiger charge is -2.32. The highest BCUT2D eigenvalue weighted by molar-refractivity contribution is 8.03. The summed E-state index contributed by atoms with van der Waals surface area (Å²) >= 11 is 1.14. The van der Waals surface area contributed by atoms with Crippen molar-refractivity contribution in [2.75, 3.05) is 19.3 Å². The van der Waals surface area contributed by atoms with E-state index in [1.165, 1.54) is 12.3 Å². The van der Waals surface area contributed by atoms with Crippen LogP contribution in [0.2, 0.25) is 0 Å². The molecule has 28 heavy (non-hydrogen) atoms. The van der Waals surface area contributed by atoms with Crippen LogP contribution in [0, 0.1) is 0 Å². The Bertz CT molecular complexity index is 1060. The maximum atomic E-state index is 13.2. The summed E-state index contributed by atoms with van der Waals surface area (Å²) in [5.41, 5.74) is 0.659. The molecule has 2 heterocycles. The van der Waals surface area contributed by atoms with Crippen LogP contribution in [-0.2, 0) is 26.2 Å². The molecule has 1 atom stereocenters. The number of rotatable bonds is 5. The number of likely N-dealkylation sites (tertiary alicyclic amines) is 1. The first-order chi connectivity index (χ1) is 13.2. The summed E-state index contributed by atoms with van der Waals surface area (Å²) in [5, 5.41) is -0.374. The Labute approximate surface area is 170 Å². The molecule has 1 fully saturated rings. The zero-order chi connectivity index (χ0) is 20.4. The molecule has 1 aromatic heterocycles. The lowest BCUT2D eigenvalue weighted by Crippen LogP contribution is -2.42. The van der Waals surface area contributed by atoms with Crippen molar-refractivity contribution in [2.45, 2.75) is 36.3 Å². The number of aromatic nitrogens is 1. The topological polar surface area (TPSA) is 96.8 Å². The molecule has 0 aliphatic carbocycles. The molecular formula is C18H23N3O4S3. The number of nitrogens with zero attached hydrogens (tertiary/aromatic N) is 3. The number of carbonyl (C=O) groups is 1. The van der Waals surface area contributed by atoms with Crippen LogP contribution in [0.4, 0.5) is 0 Å². The van der Waals surface area contributed by atoms with Gasteiger partial charge in [-0.3, -0.25) is 4.79 Å². The number of piperidine rings is 1. The van der Waals surface area contributed by atoms with Crippen molar-refractivity contribution in [3.63, 3.8) is 0 Å². The highest BCUT2D eigenvalue weighted by Gasteiger charge is 2.30. The van der Waals surface area contributed by atoms with E-state index in [0.29, 0.717) is 42.8 Å². The van der Waals surface area contributed by atoms with E-state index in [-0.39, 0.29) is 16.1 Å².